The molecule has 0 saturated heterocycles. The van der Waals surface area contributed by atoms with Crippen molar-refractivity contribution < 1.29 is 28.2 Å². The molecule has 0 fully saturated rings. The molecule has 0 aromatic heterocycles. The number of carbonyl (C=O) groups is 2. The molecule has 0 aliphatic rings. The van der Waals surface area contributed by atoms with Gasteiger partial charge in [-0.15, -0.1) is 0 Å². The second-order valence-electron chi connectivity index (χ2n) is 5.20. The molecule has 0 bridgehead atoms. The summed E-state index contributed by atoms with van der Waals surface area (Å²) in [6.07, 6.45) is -0.718. The highest BCUT2D eigenvalue weighted by atomic mass is 19.1. The largest absolute Gasteiger partial charge is 0.480 e. The van der Waals surface area contributed by atoms with E-state index in [0.29, 0.717) is 5.56 Å². The van der Waals surface area contributed by atoms with E-state index in [-0.39, 0.29) is 0 Å². The van der Waals surface area contributed by atoms with Gasteiger partial charge < -0.3 is 15.2 Å². The Bertz CT molecular complexity index is 448. The monoisotopic (exact) mass is 303 g/mol. The summed E-state index contributed by atoms with van der Waals surface area (Å²) in [7, 11) is 0. The Labute approximate surface area is 121 Å². The van der Waals surface area contributed by atoms with Crippen LogP contribution in [0.4, 0.5) is 13.6 Å². The van der Waals surface area contributed by atoms with Crippen molar-refractivity contribution in [2.45, 2.75) is 33.3 Å². The lowest BCUT2D eigenvalue weighted by Crippen LogP contribution is -2.35. The van der Waals surface area contributed by atoms with E-state index in [9.17, 15) is 18.4 Å². The molecule has 0 radical (unpaired) electrons. The number of aliphatic carboxylic acids is 1. The van der Waals surface area contributed by atoms with E-state index in [1.807, 2.05) is 0 Å². The van der Waals surface area contributed by atoms with Crippen LogP contribution in [0.25, 0.3) is 0 Å². The van der Waals surface area contributed by atoms with Gasteiger partial charge in [-0.05, 0) is 45.4 Å². The van der Waals surface area contributed by atoms with Gasteiger partial charge in [0.1, 0.15) is 23.8 Å². The van der Waals surface area contributed by atoms with E-state index in [4.69, 9.17) is 9.84 Å². The Morgan fingerprint density at radius 2 is 1.67 bits per heavy atom. The van der Waals surface area contributed by atoms with Gasteiger partial charge in [0.2, 0.25) is 0 Å². The second-order valence-corrected chi connectivity index (χ2v) is 5.20. The third kappa shape index (κ3) is 11.4. The summed E-state index contributed by atoms with van der Waals surface area (Å²) in [5.74, 6) is -2.14. The van der Waals surface area contributed by atoms with E-state index in [2.05, 4.69) is 5.32 Å². The minimum Gasteiger partial charge on any atom is -0.480 e. The standard InChI is InChI=1S/C7H6F2.C7H13NO4/c1-5-2-6(8)4-7(9)3-5;1-7(2,3)12-6(11)8-4-5(9)10/h2-4H,1H3;4H2,1-3H3,(H,8,11)(H,9,10). The molecule has 0 aliphatic carbocycles. The molecule has 0 unspecified atom stereocenters. The van der Waals surface area contributed by atoms with Gasteiger partial charge in [-0.1, -0.05) is 0 Å². The topological polar surface area (TPSA) is 75.6 Å². The quantitative estimate of drug-likeness (QED) is 0.881. The highest BCUT2D eigenvalue weighted by Gasteiger charge is 2.16. The Hall–Kier alpha value is -2.18. The molecule has 0 spiro atoms. The van der Waals surface area contributed by atoms with Gasteiger partial charge in [-0.25, -0.2) is 13.6 Å². The average Bonchev–Trinajstić information content (AvgIpc) is 2.22. The number of carboxylic acid groups (broad SMARTS) is 1. The van der Waals surface area contributed by atoms with Gasteiger partial charge in [-0.3, -0.25) is 4.79 Å². The van der Waals surface area contributed by atoms with Crippen LogP contribution in [0.3, 0.4) is 0 Å². The van der Waals surface area contributed by atoms with E-state index >= 15 is 0 Å². The Morgan fingerprint density at radius 3 is 2.00 bits per heavy atom. The normalized spacial score (nSPS) is 10.2. The van der Waals surface area contributed by atoms with Crippen LogP contribution in [0.1, 0.15) is 26.3 Å². The SMILES string of the molecule is CC(C)(C)OC(=O)NCC(=O)O.Cc1cc(F)cc(F)c1. The predicted molar refractivity (Wildman–Crippen MR) is 73.0 cm³/mol. The fourth-order valence-corrected chi connectivity index (χ4v) is 1.15. The van der Waals surface area contributed by atoms with Crippen molar-refractivity contribution in [3.05, 3.63) is 35.4 Å². The third-order valence-electron chi connectivity index (χ3n) is 1.79. The molecule has 5 nitrogen and oxygen atoms in total. The fourth-order valence-electron chi connectivity index (χ4n) is 1.15. The summed E-state index contributed by atoms with van der Waals surface area (Å²) >= 11 is 0. The van der Waals surface area contributed by atoms with E-state index in [1.165, 1.54) is 12.1 Å². The lowest BCUT2D eigenvalue weighted by atomic mass is 10.2. The molecule has 0 heterocycles. The molecular weight excluding hydrogens is 284 g/mol. The number of amides is 1. The number of rotatable bonds is 2. The first kappa shape index (κ1) is 18.8. The number of benzene rings is 1. The molecule has 0 atom stereocenters. The number of aryl methyl sites for hydroxylation is 1. The number of nitrogens with one attached hydrogen (secondary N) is 1. The van der Waals surface area contributed by atoms with Gasteiger partial charge >= 0.3 is 12.1 Å². The fraction of sp³-hybridized carbons (Fsp3) is 0.429. The molecule has 0 saturated carbocycles. The third-order valence-corrected chi connectivity index (χ3v) is 1.79. The maximum absolute atomic E-state index is 12.2. The van der Waals surface area contributed by atoms with E-state index in [0.717, 1.165) is 6.07 Å². The zero-order chi connectivity index (χ0) is 16.6. The zero-order valence-corrected chi connectivity index (χ0v) is 12.4. The van der Waals surface area contributed by atoms with Gasteiger partial charge in [-0.2, -0.15) is 0 Å². The van der Waals surface area contributed by atoms with Crippen LogP contribution in [0.2, 0.25) is 0 Å². The van der Waals surface area contributed by atoms with Gasteiger partial charge in [0.15, 0.2) is 0 Å². The molecule has 118 valence electrons. The van der Waals surface area contributed by atoms with Crippen LogP contribution >= 0.6 is 0 Å². The molecule has 1 aromatic rings. The molecule has 21 heavy (non-hydrogen) atoms. The van der Waals surface area contributed by atoms with Crippen molar-refractivity contribution in [2.75, 3.05) is 6.54 Å². The zero-order valence-electron chi connectivity index (χ0n) is 12.4. The lowest BCUT2D eigenvalue weighted by molar-refractivity contribution is -0.136. The molecule has 1 rings (SSSR count). The number of hydrogen-bond acceptors (Lipinski definition) is 3. The van der Waals surface area contributed by atoms with Crippen molar-refractivity contribution in [2.24, 2.45) is 0 Å². The van der Waals surface area contributed by atoms with Crippen molar-refractivity contribution >= 4 is 12.1 Å². The van der Waals surface area contributed by atoms with Crippen LogP contribution < -0.4 is 5.32 Å². The first-order valence-electron chi connectivity index (χ1n) is 6.11. The van der Waals surface area contributed by atoms with Gasteiger partial charge in [0, 0.05) is 6.07 Å². The number of hydrogen-bond donors (Lipinski definition) is 2. The van der Waals surface area contributed by atoms with Crippen molar-refractivity contribution in [1.82, 2.24) is 5.32 Å². The number of carboxylic acids is 1. The maximum Gasteiger partial charge on any atom is 0.408 e. The van der Waals surface area contributed by atoms with Crippen molar-refractivity contribution in [3.63, 3.8) is 0 Å². The number of carbonyl (C=O) groups excluding carboxylic acids is 1. The second kappa shape index (κ2) is 8.18. The van der Waals surface area contributed by atoms with Crippen molar-refractivity contribution in [3.8, 4) is 0 Å². The lowest BCUT2D eigenvalue weighted by Gasteiger charge is -2.19. The molecule has 2 N–H and O–H groups in total. The van der Waals surface area contributed by atoms with Crippen LogP contribution in [0.15, 0.2) is 18.2 Å². The van der Waals surface area contributed by atoms with E-state index in [1.54, 1.807) is 27.7 Å². The number of alkyl carbamates (subject to hydrolysis) is 1. The summed E-state index contributed by atoms with van der Waals surface area (Å²) in [5, 5.41) is 10.3. The van der Waals surface area contributed by atoms with Gasteiger partial charge in [0.05, 0.1) is 0 Å². The summed E-state index contributed by atoms with van der Waals surface area (Å²) in [4.78, 5) is 20.8. The van der Waals surface area contributed by atoms with E-state index < -0.39 is 35.8 Å². The predicted octanol–water partition coefficient (Wildman–Crippen LogP) is 2.87. The first-order valence-corrected chi connectivity index (χ1v) is 6.11. The first-order chi connectivity index (χ1) is 9.49. The van der Waals surface area contributed by atoms with Crippen molar-refractivity contribution in [1.29, 1.82) is 0 Å². The molecule has 7 heteroatoms. The molecule has 0 aliphatic heterocycles. The maximum atomic E-state index is 12.2. The Balaban J connectivity index is 0.000000394. The Kier molecular flexibility index (Phi) is 7.33. The highest BCUT2D eigenvalue weighted by molar-refractivity contribution is 5.76. The molecule has 1 amide bonds. The summed E-state index contributed by atoms with van der Waals surface area (Å²) in [6, 6.07) is 3.42. The minimum absolute atomic E-state index is 0.422. The molecular formula is C14H19F2NO4. The average molecular weight is 303 g/mol. The van der Waals surface area contributed by atoms with Crippen LogP contribution in [-0.4, -0.2) is 29.3 Å². The summed E-state index contributed by atoms with van der Waals surface area (Å²) in [6.45, 7) is 6.33. The number of ether oxygens (including phenoxy) is 1. The minimum atomic E-state index is -1.10. The van der Waals surface area contributed by atoms with Crippen LogP contribution in [0.5, 0.6) is 0 Å². The summed E-state index contributed by atoms with van der Waals surface area (Å²) in [5.41, 5.74) is 0.00951. The molecule has 1 aromatic carbocycles. The van der Waals surface area contributed by atoms with Gasteiger partial charge in [0.25, 0.3) is 0 Å². The Morgan fingerprint density at radius 1 is 1.19 bits per heavy atom. The summed E-state index contributed by atoms with van der Waals surface area (Å²) < 4.78 is 29.2. The smallest absolute Gasteiger partial charge is 0.408 e. The number of halogens is 2. The van der Waals surface area contributed by atoms with Crippen LogP contribution in [-0.2, 0) is 9.53 Å². The highest BCUT2D eigenvalue weighted by Crippen LogP contribution is 2.06. The van der Waals surface area contributed by atoms with Crippen LogP contribution in [0, 0.1) is 18.6 Å².